The zero-order valence-electron chi connectivity index (χ0n) is 15.0. The van der Waals surface area contributed by atoms with Gasteiger partial charge in [0.2, 0.25) is 16.3 Å². The van der Waals surface area contributed by atoms with E-state index < -0.39 is 28.5 Å². The number of amides is 3. The van der Waals surface area contributed by atoms with Gasteiger partial charge in [-0.15, -0.1) is 0 Å². The second-order valence-corrected chi connectivity index (χ2v) is 7.68. The topological polar surface area (TPSA) is 152 Å². The Kier molecular flexibility index (Phi) is 7.64. The summed E-state index contributed by atoms with van der Waals surface area (Å²) in [6.45, 7) is 1.39. The van der Waals surface area contributed by atoms with Crippen molar-refractivity contribution in [3.05, 3.63) is 0 Å². The van der Waals surface area contributed by atoms with Crippen LogP contribution in [-0.2, 0) is 24.2 Å². The van der Waals surface area contributed by atoms with Crippen molar-refractivity contribution >= 4 is 28.2 Å². The first-order valence-electron chi connectivity index (χ1n) is 8.46. The van der Waals surface area contributed by atoms with Gasteiger partial charge in [-0.05, 0) is 31.6 Å². The Hall–Kier alpha value is -0.760. The number of urea groups is 1. The number of hydrogen-bond acceptors (Lipinski definition) is 8. The molecule has 0 spiro atoms. The largest absolute Gasteiger partial charge is 1.00 e. The Balaban J connectivity index is 0.00000261. The first-order chi connectivity index (χ1) is 12.2. The molecule has 11 nitrogen and oxygen atoms in total. The van der Waals surface area contributed by atoms with E-state index in [4.69, 9.17) is 10.1 Å². The van der Waals surface area contributed by atoms with Crippen LogP contribution in [-0.4, -0.2) is 72.5 Å². The summed E-state index contributed by atoms with van der Waals surface area (Å²) >= 11 is 0. The van der Waals surface area contributed by atoms with Crippen LogP contribution in [0.5, 0.6) is 0 Å². The summed E-state index contributed by atoms with van der Waals surface area (Å²) in [4.78, 5) is 25.7. The van der Waals surface area contributed by atoms with Gasteiger partial charge >= 0.3 is 35.6 Å². The molecule has 0 aromatic heterocycles. The van der Waals surface area contributed by atoms with Crippen molar-refractivity contribution in [2.24, 2.45) is 5.92 Å². The minimum atomic E-state index is -5.06. The molecule has 3 fully saturated rings. The Morgan fingerprint density at radius 1 is 1.30 bits per heavy atom. The van der Waals surface area contributed by atoms with Gasteiger partial charge in [-0.25, -0.2) is 13.2 Å². The number of hydrogen-bond donors (Lipinski definition) is 2. The molecule has 2 bridgehead atoms. The summed E-state index contributed by atoms with van der Waals surface area (Å²) in [5, 5.41) is 11.2. The minimum Gasteiger partial charge on any atom is -0.724 e. The van der Waals surface area contributed by atoms with E-state index in [1.54, 1.807) is 0 Å². The Morgan fingerprint density at radius 3 is 2.59 bits per heavy atom. The average Bonchev–Trinajstić information content (AvgIpc) is 2.79. The summed E-state index contributed by atoms with van der Waals surface area (Å²) in [7, 11) is -5.06. The monoisotopic (exact) mass is 412 g/mol. The van der Waals surface area contributed by atoms with E-state index in [9.17, 15) is 22.6 Å². The molecule has 3 heterocycles. The average molecular weight is 412 g/mol. The maximum Gasteiger partial charge on any atom is 1.00 e. The van der Waals surface area contributed by atoms with E-state index in [1.165, 1.54) is 4.90 Å². The van der Waals surface area contributed by atoms with Crippen LogP contribution in [0.15, 0.2) is 0 Å². The molecule has 146 valence electrons. The molecule has 2 atom stereocenters. The summed E-state index contributed by atoms with van der Waals surface area (Å²) in [5.74, 6) is -0.182. The van der Waals surface area contributed by atoms with E-state index in [2.05, 4.69) is 9.60 Å². The van der Waals surface area contributed by atoms with Crippen LogP contribution in [0.2, 0.25) is 0 Å². The van der Waals surface area contributed by atoms with Crippen LogP contribution >= 0.6 is 0 Å². The van der Waals surface area contributed by atoms with E-state index in [-0.39, 0.29) is 53.8 Å². The standard InChI is InChI=1S/C14H22N4O7S.Na/c15-13(16-12(19)7-9-3-5-24-6-4-9)11-2-1-10-8-17(11)14(20)18(10)25-26(21,22)23;/h9-11H,1-8H2,(H2,15,16,19)(H,21,22,23);/q;+1/p-1/t10-,11+;/m1./s1. The van der Waals surface area contributed by atoms with E-state index in [1.807, 2.05) is 0 Å². The molecular formula is C14H21N4NaO7S. The molecule has 0 saturated carbocycles. The van der Waals surface area contributed by atoms with Gasteiger partial charge < -0.3 is 19.5 Å². The number of rotatable bonds is 5. The minimum absolute atomic E-state index is 0. The Bertz CT molecular complexity index is 698. The van der Waals surface area contributed by atoms with Crippen molar-refractivity contribution in [2.45, 2.75) is 44.2 Å². The van der Waals surface area contributed by atoms with Gasteiger partial charge in [-0.2, -0.15) is 9.35 Å². The third-order valence-corrected chi connectivity index (χ3v) is 5.26. The fraction of sp³-hybridized carbons (Fsp3) is 0.786. The summed E-state index contributed by atoms with van der Waals surface area (Å²) in [6, 6.07) is -2.03. The number of carbonyl (C=O) groups is 2. The van der Waals surface area contributed by atoms with Crippen molar-refractivity contribution in [2.75, 3.05) is 19.8 Å². The molecule has 3 amide bonds. The zero-order chi connectivity index (χ0) is 18.9. The molecule has 3 saturated heterocycles. The maximum atomic E-state index is 12.3. The number of nitrogens with one attached hydrogen (secondary N) is 2. The quantitative estimate of drug-likeness (QED) is 0.157. The SMILES string of the molecule is N=C(NC(=O)CC1CCOCC1)[C@@H]1CC[C@@H]2CN1C(=O)N2OS(=O)(=O)[O-].[Na+]. The number of fused-ring (bicyclic) bond motifs is 2. The molecule has 0 unspecified atom stereocenters. The first-order valence-corrected chi connectivity index (χ1v) is 9.79. The van der Waals surface area contributed by atoms with Gasteiger partial charge in [0.25, 0.3) is 0 Å². The molecule has 0 aromatic carbocycles. The van der Waals surface area contributed by atoms with Crippen molar-refractivity contribution in [3.8, 4) is 0 Å². The number of piperidine rings is 1. The van der Waals surface area contributed by atoms with Crippen LogP contribution in [0.25, 0.3) is 0 Å². The molecule has 3 aliphatic rings. The molecule has 0 aromatic rings. The van der Waals surface area contributed by atoms with Gasteiger partial charge in [-0.3, -0.25) is 10.2 Å². The number of nitrogens with zero attached hydrogens (tertiary/aromatic N) is 2. The molecule has 3 rings (SSSR count). The third kappa shape index (κ3) is 5.62. The van der Waals surface area contributed by atoms with Crippen LogP contribution in [0.1, 0.15) is 32.1 Å². The second kappa shape index (κ2) is 9.16. The number of carbonyl (C=O) groups excluding carboxylic acids is 2. The van der Waals surface area contributed by atoms with Gasteiger partial charge in [0.15, 0.2) is 0 Å². The molecule has 2 N–H and O–H groups in total. The Morgan fingerprint density at radius 2 is 1.96 bits per heavy atom. The summed E-state index contributed by atoms with van der Waals surface area (Å²) in [5.41, 5.74) is 0. The smallest absolute Gasteiger partial charge is 0.724 e. The van der Waals surface area contributed by atoms with Crippen LogP contribution < -0.4 is 34.9 Å². The number of ether oxygens (including phenoxy) is 1. The third-order valence-electron chi connectivity index (χ3n) is 4.92. The van der Waals surface area contributed by atoms with Crippen molar-refractivity contribution in [1.82, 2.24) is 15.3 Å². The second-order valence-electron chi connectivity index (χ2n) is 6.71. The van der Waals surface area contributed by atoms with E-state index in [0.29, 0.717) is 37.5 Å². The molecule has 3 aliphatic heterocycles. The van der Waals surface area contributed by atoms with Crippen LogP contribution in [0, 0.1) is 11.3 Å². The number of amidine groups is 1. The van der Waals surface area contributed by atoms with Gasteiger partial charge in [0.05, 0.1) is 12.1 Å². The molecule has 0 aliphatic carbocycles. The summed E-state index contributed by atoms with van der Waals surface area (Å²) < 4.78 is 41.8. The van der Waals surface area contributed by atoms with Crippen LogP contribution in [0.4, 0.5) is 4.79 Å². The van der Waals surface area contributed by atoms with E-state index >= 15 is 0 Å². The predicted octanol–water partition coefficient (Wildman–Crippen LogP) is -3.44. The maximum absolute atomic E-state index is 12.3. The van der Waals surface area contributed by atoms with Gasteiger partial charge in [-0.1, -0.05) is 0 Å². The van der Waals surface area contributed by atoms with Gasteiger partial charge in [0, 0.05) is 26.2 Å². The molecule has 27 heavy (non-hydrogen) atoms. The number of hydroxylamine groups is 2. The van der Waals surface area contributed by atoms with Gasteiger partial charge in [0.1, 0.15) is 5.84 Å². The van der Waals surface area contributed by atoms with Crippen molar-refractivity contribution in [3.63, 3.8) is 0 Å². The molecule has 13 heteroatoms. The van der Waals surface area contributed by atoms with Crippen molar-refractivity contribution in [1.29, 1.82) is 5.41 Å². The fourth-order valence-electron chi connectivity index (χ4n) is 3.63. The molecule has 0 radical (unpaired) electrons. The normalized spacial score (nSPS) is 25.9. The summed E-state index contributed by atoms with van der Waals surface area (Å²) in [6.07, 6.45) is 2.61. The predicted molar refractivity (Wildman–Crippen MR) is 85.6 cm³/mol. The molecular weight excluding hydrogens is 391 g/mol. The zero-order valence-corrected chi connectivity index (χ0v) is 17.9. The van der Waals surface area contributed by atoms with Crippen molar-refractivity contribution < 1.29 is 61.1 Å². The fourth-order valence-corrected chi connectivity index (χ4v) is 4.01. The first kappa shape index (κ1) is 22.5. The van der Waals surface area contributed by atoms with E-state index in [0.717, 1.165) is 12.8 Å². The van der Waals surface area contributed by atoms with Crippen LogP contribution in [0.3, 0.4) is 0 Å². The Labute approximate surface area is 179 Å².